The Kier molecular flexibility index (Phi) is 6.81. The summed E-state index contributed by atoms with van der Waals surface area (Å²) in [5, 5.41) is 2.80. The van der Waals surface area contributed by atoms with E-state index in [4.69, 9.17) is 4.74 Å². The number of rotatable bonds is 7. The lowest BCUT2D eigenvalue weighted by molar-refractivity contribution is -0.120. The molecule has 0 spiro atoms. The molecule has 0 saturated carbocycles. The van der Waals surface area contributed by atoms with Crippen molar-refractivity contribution in [3.63, 3.8) is 0 Å². The van der Waals surface area contributed by atoms with E-state index in [-0.39, 0.29) is 41.4 Å². The van der Waals surface area contributed by atoms with Gasteiger partial charge in [-0.1, -0.05) is 0 Å². The van der Waals surface area contributed by atoms with Crippen molar-refractivity contribution in [1.29, 1.82) is 0 Å². The maximum absolute atomic E-state index is 12.8. The summed E-state index contributed by atoms with van der Waals surface area (Å²) in [6.07, 6.45) is 3.27. The van der Waals surface area contributed by atoms with Crippen LogP contribution in [0.15, 0.2) is 29.4 Å². The molecule has 0 bridgehead atoms. The molecule has 0 aliphatic carbocycles. The van der Waals surface area contributed by atoms with Crippen molar-refractivity contribution in [2.75, 3.05) is 36.5 Å². The number of imidazole rings is 1. The highest BCUT2D eigenvalue weighted by molar-refractivity contribution is 7.92. The van der Waals surface area contributed by atoms with Gasteiger partial charge in [-0.3, -0.25) is 9.52 Å². The molecule has 0 atom stereocenters. The molecule has 1 aliphatic heterocycles. The van der Waals surface area contributed by atoms with E-state index in [0.29, 0.717) is 24.4 Å². The van der Waals surface area contributed by atoms with Crippen molar-refractivity contribution in [3.05, 3.63) is 30.2 Å². The molecular weight excluding hydrogens is 458 g/mol. The van der Waals surface area contributed by atoms with Crippen molar-refractivity contribution >= 4 is 37.3 Å². The lowest BCUT2D eigenvalue weighted by Crippen LogP contribution is -2.41. The molecule has 2 N–H and O–H groups in total. The molecule has 13 heteroatoms. The van der Waals surface area contributed by atoms with Gasteiger partial charge in [-0.2, -0.15) is 4.31 Å². The van der Waals surface area contributed by atoms with Crippen molar-refractivity contribution in [3.8, 4) is 5.75 Å². The van der Waals surface area contributed by atoms with Gasteiger partial charge in [0.25, 0.3) is 10.0 Å². The van der Waals surface area contributed by atoms with Crippen LogP contribution >= 0.6 is 0 Å². The largest absolute Gasteiger partial charge is 0.494 e. The topological polar surface area (TPSA) is 140 Å². The summed E-state index contributed by atoms with van der Waals surface area (Å²) in [5.41, 5.74) is 0.709. The van der Waals surface area contributed by atoms with E-state index in [9.17, 15) is 21.6 Å². The quantitative estimate of drug-likeness (QED) is 0.599. The number of anilines is 2. The molecule has 1 aromatic carbocycles. The van der Waals surface area contributed by atoms with Gasteiger partial charge in [-0.25, -0.2) is 21.8 Å². The first-order valence-electron chi connectivity index (χ1n) is 9.87. The highest BCUT2D eigenvalue weighted by Crippen LogP contribution is 2.30. The molecule has 1 amide bonds. The Balaban J connectivity index is 1.63. The van der Waals surface area contributed by atoms with Gasteiger partial charge in [0.2, 0.25) is 15.9 Å². The molecule has 2 aromatic rings. The van der Waals surface area contributed by atoms with Crippen molar-refractivity contribution in [2.45, 2.75) is 24.8 Å². The van der Waals surface area contributed by atoms with Crippen molar-refractivity contribution in [1.82, 2.24) is 13.9 Å². The highest BCUT2D eigenvalue weighted by Gasteiger charge is 2.33. The predicted molar refractivity (Wildman–Crippen MR) is 120 cm³/mol. The van der Waals surface area contributed by atoms with Gasteiger partial charge in [0, 0.05) is 44.0 Å². The van der Waals surface area contributed by atoms with E-state index < -0.39 is 20.0 Å². The summed E-state index contributed by atoms with van der Waals surface area (Å²) in [5.74, 6) is 0.277. The molecule has 1 aliphatic rings. The summed E-state index contributed by atoms with van der Waals surface area (Å²) in [6.45, 7) is 2.17. The molecule has 2 heterocycles. The summed E-state index contributed by atoms with van der Waals surface area (Å²) in [4.78, 5) is 16.8. The van der Waals surface area contributed by atoms with Crippen LogP contribution < -0.4 is 14.8 Å². The standard InChI is InChI=1S/C19H27N5O6S2/c1-13-20-18(12-23(13)2)32(28,29)24-9-7-14(8-10-24)19(25)21-15-5-6-16(17(11-15)30-3)22-31(4,26)27/h5-6,11-12,14,22H,7-10H2,1-4H3,(H,21,25). The van der Waals surface area contributed by atoms with Gasteiger partial charge >= 0.3 is 0 Å². The third kappa shape index (κ3) is 5.40. The Labute approximate surface area is 187 Å². The van der Waals surface area contributed by atoms with Crippen molar-refractivity contribution in [2.24, 2.45) is 13.0 Å². The van der Waals surface area contributed by atoms with E-state index in [1.807, 2.05) is 0 Å². The Morgan fingerprint density at radius 3 is 2.38 bits per heavy atom. The van der Waals surface area contributed by atoms with Gasteiger partial charge in [-0.15, -0.1) is 0 Å². The SMILES string of the molecule is COc1cc(NC(=O)C2CCN(S(=O)(=O)c3cn(C)c(C)n3)CC2)ccc1NS(C)(=O)=O. The van der Waals surface area contributed by atoms with Crippen LogP contribution in [0, 0.1) is 12.8 Å². The van der Waals surface area contributed by atoms with Crippen LogP contribution in [-0.4, -0.2) is 63.1 Å². The van der Waals surface area contributed by atoms with Crippen LogP contribution in [0.3, 0.4) is 0 Å². The second-order valence-corrected chi connectivity index (χ2v) is 11.3. The normalized spacial score (nSPS) is 16.0. The fourth-order valence-corrected chi connectivity index (χ4v) is 5.50. The van der Waals surface area contributed by atoms with E-state index in [0.717, 1.165) is 6.26 Å². The Bertz CT molecular complexity index is 1200. The fourth-order valence-electron chi connectivity index (χ4n) is 3.44. The van der Waals surface area contributed by atoms with Gasteiger partial charge in [0.15, 0.2) is 5.03 Å². The predicted octanol–water partition coefficient (Wildman–Crippen LogP) is 1.15. The van der Waals surface area contributed by atoms with E-state index in [1.165, 1.54) is 29.7 Å². The number of methoxy groups -OCH3 is 1. The third-order valence-electron chi connectivity index (χ3n) is 5.28. The zero-order valence-electron chi connectivity index (χ0n) is 18.3. The average molecular weight is 486 g/mol. The van der Waals surface area contributed by atoms with E-state index >= 15 is 0 Å². The molecule has 1 saturated heterocycles. The van der Waals surface area contributed by atoms with Crippen LogP contribution in [-0.2, 0) is 31.9 Å². The zero-order chi connectivity index (χ0) is 23.7. The van der Waals surface area contributed by atoms with E-state index in [2.05, 4.69) is 15.0 Å². The molecule has 11 nitrogen and oxygen atoms in total. The van der Waals surface area contributed by atoms with Gasteiger partial charge < -0.3 is 14.6 Å². The lowest BCUT2D eigenvalue weighted by atomic mass is 9.97. The highest BCUT2D eigenvalue weighted by atomic mass is 32.2. The Hall–Kier alpha value is -2.64. The summed E-state index contributed by atoms with van der Waals surface area (Å²) in [7, 11) is -4.05. The molecule has 176 valence electrons. The van der Waals surface area contributed by atoms with Crippen LogP contribution in [0.1, 0.15) is 18.7 Å². The Morgan fingerprint density at radius 2 is 1.84 bits per heavy atom. The number of piperidine rings is 1. The van der Waals surface area contributed by atoms with Crippen LogP contribution in [0.4, 0.5) is 11.4 Å². The molecule has 0 radical (unpaired) electrons. The van der Waals surface area contributed by atoms with Crippen LogP contribution in [0.5, 0.6) is 5.75 Å². The Morgan fingerprint density at radius 1 is 1.19 bits per heavy atom. The fraction of sp³-hybridized carbons (Fsp3) is 0.474. The summed E-state index contributed by atoms with van der Waals surface area (Å²) in [6, 6.07) is 4.59. The van der Waals surface area contributed by atoms with Crippen LogP contribution in [0.2, 0.25) is 0 Å². The van der Waals surface area contributed by atoms with Crippen molar-refractivity contribution < 1.29 is 26.4 Å². The molecular formula is C19H27N5O6S2. The number of aromatic nitrogens is 2. The molecule has 3 rings (SSSR count). The number of nitrogens with zero attached hydrogens (tertiary/aromatic N) is 3. The number of nitrogens with one attached hydrogen (secondary N) is 2. The minimum atomic E-state index is -3.70. The number of carbonyl (C=O) groups excluding carboxylic acids is 1. The zero-order valence-corrected chi connectivity index (χ0v) is 20.0. The molecule has 0 unspecified atom stereocenters. The smallest absolute Gasteiger partial charge is 0.262 e. The van der Waals surface area contributed by atoms with E-state index in [1.54, 1.807) is 24.6 Å². The minimum absolute atomic E-state index is 0.00953. The van der Waals surface area contributed by atoms with Gasteiger partial charge in [0.05, 0.1) is 19.1 Å². The number of hydrogen-bond acceptors (Lipinski definition) is 7. The number of sulfonamides is 2. The number of amides is 1. The minimum Gasteiger partial charge on any atom is -0.494 e. The number of carbonyl (C=O) groups is 1. The maximum Gasteiger partial charge on any atom is 0.262 e. The number of hydrogen-bond donors (Lipinski definition) is 2. The second-order valence-electron chi connectivity index (χ2n) is 7.69. The number of ether oxygens (including phenoxy) is 1. The molecule has 32 heavy (non-hydrogen) atoms. The number of aryl methyl sites for hydroxylation is 2. The van der Waals surface area contributed by atoms with Crippen LogP contribution in [0.25, 0.3) is 0 Å². The average Bonchev–Trinajstić information content (AvgIpc) is 3.07. The molecule has 1 aromatic heterocycles. The third-order valence-corrected chi connectivity index (χ3v) is 7.64. The summed E-state index contributed by atoms with van der Waals surface area (Å²) < 4.78 is 59.1. The van der Waals surface area contributed by atoms with Gasteiger partial charge in [0.1, 0.15) is 11.6 Å². The summed E-state index contributed by atoms with van der Waals surface area (Å²) >= 11 is 0. The van der Waals surface area contributed by atoms with Gasteiger partial charge in [-0.05, 0) is 31.9 Å². The monoisotopic (exact) mass is 485 g/mol. The first-order valence-corrected chi connectivity index (χ1v) is 13.2. The maximum atomic E-state index is 12.8. The first-order chi connectivity index (χ1) is 14.9. The second kappa shape index (κ2) is 9.08. The lowest BCUT2D eigenvalue weighted by Gasteiger charge is -2.30. The first kappa shape index (κ1) is 24.0. The number of benzene rings is 1. The molecule has 1 fully saturated rings.